The molecule has 7 heteroatoms. The molecule has 0 radical (unpaired) electrons. The van der Waals surface area contributed by atoms with Gasteiger partial charge in [0.2, 0.25) is 0 Å². The van der Waals surface area contributed by atoms with E-state index >= 15 is 0 Å². The van der Waals surface area contributed by atoms with Crippen LogP contribution < -0.4 is 14.8 Å². The summed E-state index contributed by atoms with van der Waals surface area (Å²) in [5.41, 5.74) is 1.02. The zero-order valence-corrected chi connectivity index (χ0v) is 12.5. The molecule has 110 valence electrons. The van der Waals surface area contributed by atoms with Crippen LogP contribution in [0.1, 0.15) is 15.2 Å². The molecular weight excluding hydrogens is 314 g/mol. The molecule has 0 saturated heterocycles. The van der Waals surface area contributed by atoms with E-state index in [9.17, 15) is 4.79 Å². The van der Waals surface area contributed by atoms with Crippen LogP contribution in [0.3, 0.4) is 0 Å². The van der Waals surface area contributed by atoms with Crippen molar-refractivity contribution in [2.45, 2.75) is 6.54 Å². The van der Waals surface area contributed by atoms with E-state index in [2.05, 4.69) is 5.32 Å². The number of halogens is 1. The van der Waals surface area contributed by atoms with Crippen molar-refractivity contribution in [1.29, 1.82) is 0 Å². The number of thiophene rings is 1. The quantitative estimate of drug-likeness (QED) is 0.900. The number of hydrogen-bond acceptors (Lipinski definition) is 5. The predicted molar refractivity (Wildman–Crippen MR) is 81.0 cm³/mol. The Kier molecular flexibility index (Phi) is 3.90. The van der Waals surface area contributed by atoms with Crippen molar-refractivity contribution in [3.63, 3.8) is 0 Å². The lowest BCUT2D eigenvalue weighted by atomic mass is 10.2. The summed E-state index contributed by atoms with van der Waals surface area (Å²) in [5.74, 6) is 0.376. The van der Waals surface area contributed by atoms with E-state index in [0.29, 0.717) is 41.8 Å². The van der Waals surface area contributed by atoms with Crippen LogP contribution in [0.25, 0.3) is 0 Å². The van der Waals surface area contributed by atoms with Crippen LogP contribution in [-0.2, 0) is 6.54 Å². The number of benzene rings is 1. The predicted octanol–water partition coefficient (Wildman–Crippen LogP) is 3.48. The number of nitrogens with one attached hydrogen (secondary N) is 1. The molecule has 2 aromatic rings. The summed E-state index contributed by atoms with van der Waals surface area (Å²) in [5, 5.41) is 14.2. The Labute approximate surface area is 130 Å². The Morgan fingerprint density at radius 2 is 2.00 bits per heavy atom. The van der Waals surface area contributed by atoms with Crippen LogP contribution in [0, 0.1) is 0 Å². The molecule has 1 aromatic heterocycles. The van der Waals surface area contributed by atoms with Gasteiger partial charge in [-0.15, -0.1) is 11.3 Å². The molecule has 0 atom stereocenters. The van der Waals surface area contributed by atoms with Gasteiger partial charge >= 0.3 is 5.97 Å². The molecule has 0 spiro atoms. The standard InChI is InChI=1S/C14H12ClNO4S/c15-10-4-12-13(20-2-1-19-12)5-11(10)16-6-9-3-8(7-21-9)14(17)18/h3-5,7,16H,1-2,6H2,(H,17,18). The second kappa shape index (κ2) is 5.83. The lowest BCUT2D eigenvalue weighted by Crippen LogP contribution is -2.15. The fourth-order valence-electron chi connectivity index (χ4n) is 1.97. The Balaban J connectivity index is 1.73. The second-order valence-electron chi connectivity index (χ2n) is 4.44. The smallest absolute Gasteiger partial charge is 0.336 e. The molecule has 21 heavy (non-hydrogen) atoms. The maximum atomic E-state index is 10.8. The number of ether oxygens (including phenoxy) is 2. The van der Waals surface area contributed by atoms with Crippen molar-refractivity contribution >= 4 is 34.6 Å². The lowest BCUT2D eigenvalue weighted by Gasteiger charge is -2.20. The van der Waals surface area contributed by atoms with Gasteiger partial charge in [0, 0.05) is 28.9 Å². The van der Waals surface area contributed by atoms with Gasteiger partial charge in [0.15, 0.2) is 11.5 Å². The second-order valence-corrected chi connectivity index (χ2v) is 5.84. The number of carbonyl (C=O) groups is 1. The fraction of sp³-hybridized carbons (Fsp3) is 0.214. The number of anilines is 1. The normalized spacial score (nSPS) is 13.0. The number of carboxylic acids is 1. The zero-order valence-electron chi connectivity index (χ0n) is 10.9. The number of hydrogen-bond donors (Lipinski definition) is 2. The van der Waals surface area contributed by atoms with Crippen LogP contribution >= 0.6 is 22.9 Å². The summed E-state index contributed by atoms with van der Waals surface area (Å²) in [6.07, 6.45) is 0. The van der Waals surface area contributed by atoms with Crippen molar-refractivity contribution < 1.29 is 19.4 Å². The highest BCUT2D eigenvalue weighted by molar-refractivity contribution is 7.10. The minimum Gasteiger partial charge on any atom is -0.486 e. The highest BCUT2D eigenvalue weighted by Crippen LogP contribution is 2.38. The molecule has 0 fully saturated rings. The van der Waals surface area contributed by atoms with Crippen LogP contribution in [0.4, 0.5) is 5.69 Å². The van der Waals surface area contributed by atoms with Crippen molar-refractivity contribution in [2.75, 3.05) is 18.5 Å². The number of rotatable bonds is 4. The highest BCUT2D eigenvalue weighted by Gasteiger charge is 2.15. The number of aromatic carboxylic acids is 1. The zero-order chi connectivity index (χ0) is 14.8. The summed E-state index contributed by atoms with van der Waals surface area (Å²) < 4.78 is 11.0. The summed E-state index contributed by atoms with van der Waals surface area (Å²) in [4.78, 5) is 11.8. The molecular formula is C14H12ClNO4S. The topological polar surface area (TPSA) is 67.8 Å². The third-order valence-electron chi connectivity index (χ3n) is 2.99. The largest absolute Gasteiger partial charge is 0.486 e. The Morgan fingerprint density at radius 1 is 1.29 bits per heavy atom. The van der Waals surface area contributed by atoms with E-state index in [1.807, 2.05) is 0 Å². The SMILES string of the molecule is O=C(O)c1csc(CNc2cc3c(cc2Cl)OCCO3)c1. The van der Waals surface area contributed by atoms with E-state index in [1.165, 1.54) is 11.3 Å². The molecule has 0 bridgehead atoms. The van der Waals surface area contributed by atoms with Gasteiger partial charge in [-0.25, -0.2) is 4.79 Å². The Morgan fingerprint density at radius 3 is 2.67 bits per heavy atom. The van der Waals surface area contributed by atoms with Gasteiger partial charge in [-0.05, 0) is 6.07 Å². The average molecular weight is 326 g/mol. The first-order chi connectivity index (χ1) is 10.1. The Hall–Kier alpha value is -1.92. The molecule has 1 aromatic carbocycles. The van der Waals surface area contributed by atoms with Gasteiger partial charge in [0.1, 0.15) is 13.2 Å². The maximum absolute atomic E-state index is 10.8. The van der Waals surface area contributed by atoms with E-state index in [0.717, 1.165) is 10.6 Å². The minimum atomic E-state index is -0.921. The molecule has 1 aliphatic rings. The number of carboxylic acid groups (broad SMARTS) is 1. The molecule has 2 heterocycles. The Bertz CT molecular complexity index is 686. The number of fused-ring (bicyclic) bond motifs is 1. The third-order valence-corrected chi connectivity index (χ3v) is 4.24. The molecule has 3 rings (SSSR count). The molecule has 5 nitrogen and oxygen atoms in total. The molecule has 1 aliphatic heterocycles. The molecule has 2 N–H and O–H groups in total. The van der Waals surface area contributed by atoms with Crippen molar-refractivity contribution in [1.82, 2.24) is 0 Å². The van der Waals surface area contributed by atoms with E-state index in [1.54, 1.807) is 23.6 Å². The first-order valence-corrected chi connectivity index (χ1v) is 7.53. The lowest BCUT2D eigenvalue weighted by molar-refractivity contribution is 0.0697. The monoisotopic (exact) mass is 325 g/mol. The molecule has 0 unspecified atom stereocenters. The summed E-state index contributed by atoms with van der Waals surface area (Å²) in [7, 11) is 0. The van der Waals surface area contributed by atoms with E-state index < -0.39 is 5.97 Å². The minimum absolute atomic E-state index is 0.296. The first kappa shape index (κ1) is 14.0. The van der Waals surface area contributed by atoms with Crippen LogP contribution in [0.15, 0.2) is 23.6 Å². The van der Waals surface area contributed by atoms with E-state index in [-0.39, 0.29) is 0 Å². The maximum Gasteiger partial charge on any atom is 0.336 e. The molecule has 0 aliphatic carbocycles. The summed E-state index contributed by atoms with van der Waals surface area (Å²) in [6, 6.07) is 5.16. The van der Waals surface area contributed by atoms with Crippen LogP contribution in [-0.4, -0.2) is 24.3 Å². The average Bonchev–Trinajstić information content (AvgIpc) is 2.94. The summed E-state index contributed by atoms with van der Waals surface area (Å²) >= 11 is 7.58. The summed E-state index contributed by atoms with van der Waals surface area (Å²) in [6.45, 7) is 1.53. The van der Waals surface area contributed by atoms with Gasteiger partial charge in [-0.3, -0.25) is 0 Å². The van der Waals surface area contributed by atoms with Crippen molar-refractivity contribution in [3.05, 3.63) is 39.0 Å². The first-order valence-electron chi connectivity index (χ1n) is 6.27. The highest BCUT2D eigenvalue weighted by atomic mass is 35.5. The van der Waals surface area contributed by atoms with Crippen LogP contribution in [0.5, 0.6) is 11.5 Å². The molecule has 0 saturated carbocycles. The van der Waals surface area contributed by atoms with Gasteiger partial charge in [-0.1, -0.05) is 11.6 Å². The third kappa shape index (κ3) is 3.06. The van der Waals surface area contributed by atoms with Crippen molar-refractivity contribution in [2.24, 2.45) is 0 Å². The van der Waals surface area contributed by atoms with Gasteiger partial charge in [0.25, 0.3) is 0 Å². The van der Waals surface area contributed by atoms with Crippen LogP contribution in [0.2, 0.25) is 5.02 Å². The van der Waals surface area contributed by atoms with E-state index in [4.69, 9.17) is 26.2 Å². The fourth-order valence-corrected chi connectivity index (χ4v) is 2.99. The van der Waals surface area contributed by atoms with Gasteiger partial charge < -0.3 is 19.9 Å². The van der Waals surface area contributed by atoms with Gasteiger partial charge in [0.05, 0.1) is 16.3 Å². The van der Waals surface area contributed by atoms with Crippen molar-refractivity contribution in [3.8, 4) is 11.5 Å². The molecule has 0 amide bonds. The van der Waals surface area contributed by atoms with Gasteiger partial charge in [-0.2, -0.15) is 0 Å².